The summed E-state index contributed by atoms with van der Waals surface area (Å²) in [5, 5.41) is 12.2. The van der Waals surface area contributed by atoms with Gasteiger partial charge in [0.15, 0.2) is 0 Å². The van der Waals surface area contributed by atoms with Crippen molar-refractivity contribution in [3.8, 4) is 11.8 Å². The summed E-state index contributed by atoms with van der Waals surface area (Å²) in [5.41, 5.74) is 1.85. The van der Waals surface area contributed by atoms with Crippen molar-refractivity contribution in [3.63, 3.8) is 0 Å². The van der Waals surface area contributed by atoms with Gasteiger partial charge in [0.05, 0.1) is 22.8 Å². The van der Waals surface area contributed by atoms with Crippen LogP contribution in [-0.2, 0) is 6.54 Å². The minimum absolute atomic E-state index is 0.315. The van der Waals surface area contributed by atoms with Crippen LogP contribution in [0.4, 0.5) is 10.1 Å². The molecule has 0 saturated carbocycles. The normalized spacial score (nSPS) is 9.90. The number of nitrogens with zero attached hydrogens (tertiary/aromatic N) is 1. The maximum absolute atomic E-state index is 13.4. The second-order valence-corrected chi connectivity index (χ2v) is 4.85. The number of ether oxygens (including phenoxy) is 1. The highest BCUT2D eigenvalue weighted by Gasteiger charge is 2.10. The third-order valence-electron chi connectivity index (χ3n) is 2.85. The Morgan fingerprint density at radius 3 is 2.75 bits per heavy atom. The Morgan fingerprint density at radius 1 is 1.30 bits per heavy atom. The summed E-state index contributed by atoms with van der Waals surface area (Å²) in [4.78, 5) is 0. The molecule has 0 amide bonds. The van der Waals surface area contributed by atoms with Crippen LogP contribution in [0.15, 0.2) is 40.9 Å². The van der Waals surface area contributed by atoms with Gasteiger partial charge < -0.3 is 10.1 Å². The SMILES string of the molecule is COc1cccc(C#N)c1NCc1cccc(F)c1Br. The van der Waals surface area contributed by atoms with Gasteiger partial charge in [0.1, 0.15) is 17.6 Å². The second-order valence-electron chi connectivity index (χ2n) is 4.06. The average Bonchev–Trinajstić information content (AvgIpc) is 2.48. The fourth-order valence-corrected chi connectivity index (χ4v) is 2.25. The second kappa shape index (κ2) is 6.40. The lowest BCUT2D eigenvalue weighted by atomic mass is 10.1. The maximum Gasteiger partial charge on any atom is 0.143 e. The Kier molecular flexibility index (Phi) is 4.59. The summed E-state index contributed by atoms with van der Waals surface area (Å²) >= 11 is 3.21. The molecule has 0 atom stereocenters. The quantitative estimate of drug-likeness (QED) is 0.916. The molecule has 0 radical (unpaired) electrons. The summed E-state index contributed by atoms with van der Waals surface area (Å²) in [6.07, 6.45) is 0. The summed E-state index contributed by atoms with van der Waals surface area (Å²) in [5.74, 6) is 0.265. The molecule has 102 valence electrons. The molecule has 0 spiro atoms. The number of rotatable bonds is 4. The lowest BCUT2D eigenvalue weighted by Crippen LogP contribution is -2.04. The van der Waals surface area contributed by atoms with Gasteiger partial charge in [-0.1, -0.05) is 18.2 Å². The molecule has 0 aromatic heterocycles. The third-order valence-corrected chi connectivity index (χ3v) is 3.74. The number of nitriles is 1. The molecule has 5 heteroatoms. The average molecular weight is 335 g/mol. The highest BCUT2D eigenvalue weighted by atomic mass is 79.9. The molecule has 3 nitrogen and oxygen atoms in total. The molecule has 0 aliphatic heterocycles. The van der Waals surface area contributed by atoms with Crippen molar-refractivity contribution in [3.05, 3.63) is 57.8 Å². The van der Waals surface area contributed by atoms with Gasteiger partial charge in [-0.15, -0.1) is 0 Å². The van der Waals surface area contributed by atoms with Crippen molar-refractivity contribution in [1.82, 2.24) is 0 Å². The number of hydrogen-bond donors (Lipinski definition) is 1. The predicted molar refractivity (Wildman–Crippen MR) is 79.1 cm³/mol. The highest BCUT2D eigenvalue weighted by molar-refractivity contribution is 9.10. The zero-order valence-electron chi connectivity index (χ0n) is 10.8. The molecular weight excluding hydrogens is 323 g/mol. The van der Waals surface area contributed by atoms with E-state index in [1.807, 2.05) is 6.07 Å². The van der Waals surface area contributed by atoms with Crippen LogP contribution in [0.3, 0.4) is 0 Å². The van der Waals surface area contributed by atoms with E-state index in [0.29, 0.717) is 28.0 Å². The number of para-hydroxylation sites is 1. The predicted octanol–water partition coefficient (Wildman–Crippen LogP) is 4.08. The van der Waals surface area contributed by atoms with Crippen molar-refractivity contribution >= 4 is 21.6 Å². The Morgan fingerprint density at radius 2 is 2.05 bits per heavy atom. The number of methoxy groups -OCH3 is 1. The monoisotopic (exact) mass is 334 g/mol. The first-order valence-corrected chi connectivity index (χ1v) is 6.70. The molecule has 0 aliphatic rings. The molecule has 20 heavy (non-hydrogen) atoms. The molecule has 2 aromatic carbocycles. The minimum atomic E-state index is -0.315. The zero-order valence-corrected chi connectivity index (χ0v) is 12.4. The topological polar surface area (TPSA) is 45.0 Å². The fourth-order valence-electron chi connectivity index (χ4n) is 1.85. The first-order valence-electron chi connectivity index (χ1n) is 5.91. The Bertz CT molecular complexity index is 667. The standard InChI is InChI=1S/C15H12BrFN2O/c1-20-13-7-3-4-10(8-18)15(13)19-9-11-5-2-6-12(17)14(11)16/h2-7,19H,9H2,1H3. The van der Waals surface area contributed by atoms with Crippen LogP contribution in [0.1, 0.15) is 11.1 Å². The highest BCUT2D eigenvalue weighted by Crippen LogP contribution is 2.29. The van der Waals surface area contributed by atoms with E-state index in [-0.39, 0.29) is 5.82 Å². The molecular formula is C15H12BrFN2O. The molecule has 0 aliphatic carbocycles. The molecule has 0 unspecified atom stereocenters. The van der Waals surface area contributed by atoms with E-state index in [1.165, 1.54) is 6.07 Å². The first-order chi connectivity index (χ1) is 9.67. The van der Waals surface area contributed by atoms with Crippen LogP contribution in [0.5, 0.6) is 5.75 Å². The largest absolute Gasteiger partial charge is 0.495 e. The molecule has 2 rings (SSSR count). The zero-order chi connectivity index (χ0) is 14.5. The van der Waals surface area contributed by atoms with Crippen LogP contribution in [-0.4, -0.2) is 7.11 Å². The van der Waals surface area contributed by atoms with Gasteiger partial charge in [-0.25, -0.2) is 4.39 Å². The number of hydrogen-bond acceptors (Lipinski definition) is 3. The van der Waals surface area contributed by atoms with E-state index in [2.05, 4.69) is 27.3 Å². The van der Waals surface area contributed by atoms with Gasteiger partial charge >= 0.3 is 0 Å². The third kappa shape index (κ3) is 2.91. The lowest BCUT2D eigenvalue weighted by molar-refractivity contribution is 0.416. The van der Waals surface area contributed by atoms with Crippen molar-refractivity contribution < 1.29 is 9.13 Å². The van der Waals surface area contributed by atoms with Crippen molar-refractivity contribution in [2.45, 2.75) is 6.54 Å². The Labute approximate surface area is 125 Å². The number of nitrogens with one attached hydrogen (secondary N) is 1. The summed E-state index contributed by atoms with van der Waals surface area (Å²) in [6, 6.07) is 12.2. The van der Waals surface area contributed by atoms with Gasteiger partial charge in [0.2, 0.25) is 0 Å². The van der Waals surface area contributed by atoms with Crippen molar-refractivity contribution in [1.29, 1.82) is 5.26 Å². The first kappa shape index (κ1) is 14.4. The van der Waals surface area contributed by atoms with Gasteiger partial charge in [-0.05, 0) is 39.7 Å². The van der Waals surface area contributed by atoms with Crippen LogP contribution in [0.2, 0.25) is 0 Å². The fraction of sp³-hybridized carbons (Fsp3) is 0.133. The van der Waals surface area contributed by atoms with Crippen LogP contribution < -0.4 is 10.1 Å². The lowest BCUT2D eigenvalue weighted by Gasteiger charge is -2.13. The van der Waals surface area contributed by atoms with Crippen LogP contribution >= 0.6 is 15.9 Å². The Hall–Kier alpha value is -2.06. The Balaban J connectivity index is 2.27. The molecule has 0 saturated heterocycles. The molecule has 1 N–H and O–H groups in total. The van der Waals surface area contributed by atoms with E-state index in [0.717, 1.165) is 5.56 Å². The van der Waals surface area contributed by atoms with E-state index in [1.54, 1.807) is 31.4 Å². The van der Waals surface area contributed by atoms with Gasteiger partial charge in [-0.3, -0.25) is 0 Å². The van der Waals surface area contributed by atoms with Crippen molar-refractivity contribution in [2.75, 3.05) is 12.4 Å². The van der Waals surface area contributed by atoms with E-state index in [9.17, 15) is 4.39 Å². The van der Waals surface area contributed by atoms with Gasteiger partial charge in [-0.2, -0.15) is 5.26 Å². The van der Waals surface area contributed by atoms with Gasteiger partial charge in [0, 0.05) is 6.54 Å². The summed E-state index contributed by atoms with van der Waals surface area (Å²) in [6.45, 7) is 0.382. The van der Waals surface area contributed by atoms with Gasteiger partial charge in [0.25, 0.3) is 0 Å². The van der Waals surface area contributed by atoms with Crippen LogP contribution in [0.25, 0.3) is 0 Å². The van der Waals surface area contributed by atoms with E-state index >= 15 is 0 Å². The number of anilines is 1. The summed E-state index contributed by atoms with van der Waals surface area (Å²) < 4.78 is 19.1. The number of benzene rings is 2. The number of halogens is 2. The molecule has 0 bridgehead atoms. The van der Waals surface area contributed by atoms with E-state index < -0.39 is 0 Å². The molecule has 0 heterocycles. The molecule has 2 aromatic rings. The summed E-state index contributed by atoms with van der Waals surface area (Å²) in [7, 11) is 1.54. The smallest absolute Gasteiger partial charge is 0.143 e. The van der Waals surface area contributed by atoms with Crippen molar-refractivity contribution in [2.24, 2.45) is 0 Å². The van der Waals surface area contributed by atoms with Crippen LogP contribution in [0, 0.1) is 17.1 Å². The minimum Gasteiger partial charge on any atom is -0.495 e. The molecule has 0 fully saturated rings. The maximum atomic E-state index is 13.4. The van der Waals surface area contributed by atoms with E-state index in [4.69, 9.17) is 10.00 Å².